The van der Waals surface area contributed by atoms with Gasteiger partial charge in [0.1, 0.15) is 11.5 Å². The fourth-order valence-electron chi connectivity index (χ4n) is 2.99. The number of nitrogens with zero attached hydrogens (tertiary/aromatic N) is 5. The molecule has 0 aliphatic heterocycles. The predicted molar refractivity (Wildman–Crippen MR) is 110 cm³/mol. The molecular formula is C19H16ClFN8O2. The van der Waals surface area contributed by atoms with E-state index in [4.69, 9.17) is 11.6 Å². The van der Waals surface area contributed by atoms with Gasteiger partial charge in [0.25, 0.3) is 5.62 Å². The summed E-state index contributed by atoms with van der Waals surface area (Å²) in [5, 5.41) is 17.8. The van der Waals surface area contributed by atoms with E-state index in [1.54, 1.807) is 18.3 Å². The zero-order chi connectivity index (χ0) is 21.5. The average molecular weight is 443 g/mol. The second-order valence-corrected chi connectivity index (χ2v) is 7.54. The minimum absolute atomic E-state index is 0.0353. The summed E-state index contributed by atoms with van der Waals surface area (Å²) in [4.78, 5) is 29.7. The molecule has 0 spiro atoms. The van der Waals surface area contributed by atoms with Gasteiger partial charge >= 0.3 is 5.69 Å². The van der Waals surface area contributed by atoms with E-state index in [0.29, 0.717) is 29.0 Å². The highest BCUT2D eigenvalue weighted by atomic mass is 35.5. The van der Waals surface area contributed by atoms with Gasteiger partial charge in [-0.2, -0.15) is 19.6 Å². The maximum atomic E-state index is 13.4. The molecule has 5 rings (SSSR count). The lowest BCUT2D eigenvalue weighted by Crippen LogP contribution is -2.24. The zero-order valence-corrected chi connectivity index (χ0v) is 16.7. The van der Waals surface area contributed by atoms with Crippen molar-refractivity contribution in [3.63, 3.8) is 0 Å². The highest BCUT2D eigenvalue weighted by molar-refractivity contribution is 6.30. The number of fused-ring (bicyclic) bond motifs is 1. The molecule has 31 heavy (non-hydrogen) atoms. The van der Waals surface area contributed by atoms with Gasteiger partial charge in [-0.05, 0) is 36.6 Å². The van der Waals surface area contributed by atoms with Crippen LogP contribution in [0.1, 0.15) is 24.1 Å². The Balaban J connectivity index is 1.57. The summed E-state index contributed by atoms with van der Waals surface area (Å²) >= 11 is 5.85. The van der Waals surface area contributed by atoms with Crippen LogP contribution in [-0.2, 0) is 6.54 Å². The van der Waals surface area contributed by atoms with Gasteiger partial charge < -0.3 is 15.4 Å². The molecule has 4 aromatic rings. The topological polar surface area (TPSA) is 136 Å². The quantitative estimate of drug-likeness (QED) is 0.362. The lowest BCUT2D eigenvalue weighted by atomic mass is 10.2. The van der Waals surface area contributed by atoms with Crippen molar-refractivity contribution < 1.29 is 9.50 Å². The van der Waals surface area contributed by atoms with Crippen LogP contribution in [0, 0.1) is 5.82 Å². The molecule has 1 aromatic carbocycles. The van der Waals surface area contributed by atoms with Gasteiger partial charge in [-0.15, -0.1) is 0 Å². The Kier molecular flexibility index (Phi) is 4.66. The second kappa shape index (κ2) is 7.51. The van der Waals surface area contributed by atoms with Crippen molar-refractivity contribution in [1.29, 1.82) is 0 Å². The Labute approximate surface area is 178 Å². The van der Waals surface area contributed by atoms with Crippen LogP contribution in [0.15, 0.2) is 34.2 Å². The summed E-state index contributed by atoms with van der Waals surface area (Å²) < 4.78 is 14.9. The van der Waals surface area contributed by atoms with Crippen LogP contribution >= 0.6 is 11.6 Å². The number of benzene rings is 1. The Morgan fingerprint density at radius 1 is 1.35 bits per heavy atom. The maximum Gasteiger partial charge on any atom is 0.326 e. The number of hydrogen-bond acceptors (Lipinski definition) is 7. The van der Waals surface area contributed by atoms with Crippen molar-refractivity contribution in [3.05, 3.63) is 67.8 Å². The number of rotatable bonds is 5. The fraction of sp³-hybridized carbons (Fsp3) is 0.211. The summed E-state index contributed by atoms with van der Waals surface area (Å²) in [5.74, 6) is -0.471. The van der Waals surface area contributed by atoms with E-state index < -0.39 is 11.5 Å². The molecule has 1 fully saturated rings. The van der Waals surface area contributed by atoms with Crippen LogP contribution in [0.4, 0.5) is 10.3 Å². The number of aromatic amines is 2. The molecule has 3 heterocycles. The monoisotopic (exact) mass is 442 g/mol. The Bertz CT molecular complexity index is 1470. The number of anilines is 1. The van der Waals surface area contributed by atoms with Crippen molar-refractivity contribution in [2.45, 2.75) is 25.4 Å². The van der Waals surface area contributed by atoms with E-state index in [1.807, 2.05) is 0 Å². The standard InChI is InChI=1S/C19H16ClFN8O2/c20-12-5-9(1-4-13(12)21)7-22-17-26-15-10(6-14-16(30)27-19(31)25-14)8-23-29(15)18(28-17)24-11-2-3-11/h1,4-6,8,11,30H,2-3,7H2,(H,22,24,28)(H2,25,27,31). The fourth-order valence-corrected chi connectivity index (χ4v) is 3.19. The van der Waals surface area contributed by atoms with Crippen LogP contribution in [0.2, 0.25) is 5.02 Å². The van der Waals surface area contributed by atoms with E-state index >= 15 is 0 Å². The molecular weight excluding hydrogens is 427 g/mol. The van der Waals surface area contributed by atoms with E-state index in [9.17, 15) is 14.3 Å². The van der Waals surface area contributed by atoms with Gasteiger partial charge in [0.2, 0.25) is 11.8 Å². The van der Waals surface area contributed by atoms with Gasteiger partial charge in [0, 0.05) is 11.8 Å². The molecule has 0 atom stereocenters. The molecule has 10 nitrogen and oxygen atoms in total. The molecule has 1 aliphatic rings. The van der Waals surface area contributed by atoms with Crippen molar-refractivity contribution in [3.8, 4) is 5.88 Å². The number of H-pyrrole nitrogens is 2. The molecule has 4 N–H and O–H groups in total. The Morgan fingerprint density at radius 3 is 2.90 bits per heavy atom. The smallest absolute Gasteiger partial charge is 0.326 e. The van der Waals surface area contributed by atoms with Crippen molar-refractivity contribution in [2.24, 2.45) is 4.99 Å². The number of nitrogens with one attached hydrogen (secondary N) is 3. The first-order valence-electron chi connectivity index (χ1n) is 9.47. The Hall–Kier alpha value is -3.73. The van der Waals surface area contributed by atoms with Gasteiger partial charge in [0.05, 0.1) is 17.3 Å². The number of aromatic nitrogens is 6. The van der Waals surface area contributed by atoms with Crippen LogP contribution in [-0.4, -0.2) is 40.7 Å². The van der Waals surface area contributed by atoms with E-state index in [1.165, 1.54) is 16.6 Å². The Morgan fingerprint density at radius 2 is 2.19 bits per heavy atom. The highest BCUT2D eigenvalue weighted by Crippen LogP contribution is 2.22. The molecule has 0 bridgehead atoms. The molecule has 0 radical (unpaired) electrons. The highest BCUT2D eigenvalue weighted by Gasteiger charge is 2.21. The van der Waals surface area contributed by atoms with Crippen molar-refractivity contribution in [1.82, 2.24) is 29.5 Å². The first-order valence-corrected chi connectivity index (χ1v) is 9.84. The molecule has 158 valence electrons. The first-order chi connectivity index (χ1) is 15.0. The average Bonchev–Trinajstić information content (AvgIpc) is 3.37. The molecule has 1 saturated carbocycles. The lowest BCUT2D eigenvalue weighted by molar-refractivity contribution is 0.454. The van der Waals surface area contributed by atoms with Gasteiger partial charge in [0.15, 0.2) is 5.65 Å². The van der Waals surface area contributed by atoms with Gasteiger partial charge in [-0.3, -0.25) is 4.98 Å². The first kappa shape index (κ1) is 19.2. The third kappa shape index (κ3) is 3.99. The zero-order valence-electron chi connectivity index (χ0n) is 15.9. The van der Waals surface area contributed by atoms with Crippen molar-refractivity contribution in [2.75, 3.05) is 5.32 Å². The van der Waals surface area contributed by atoms with Gasteiger partial charge in [-0.1, -0.05) is 17.7 Å². The number of hydrogen-bond donors (Lipinski definition) is 4. The third-order valence-electron chi connectivity index (χ3n) is 4.69. The third-order valence-corrected chi connectivity index (χ3v) is 4.98. The number of imidazole rings is 1. The lowest BCUT2D eigenvalue weighted by Gasteiger charge is -2.06. The normalized spacial score (nSPS) is 15.2. The molecule has 0 amide bonds. The second-order valence-electron chi connectivity index (χ2n) is 7.13. The molecule has 0 saturated heterocycles. The summed E-state index contributed by atoms with van der Waals surface area (Å²) in [6, 6.07) is 4.64. The van der Waals surface area contributed by atoms with Crippen LogP contribution < -0.4 is 21.8 Å². The maximum absolute atomic E-state index is 13.4. The largest absolute Gasteiger partial charge is 0.493 e. The summed E-state index contributed by atoms with van der Waals surface area (Å²) in [5.41, 5.74) is 1.26. The van der Waals surface area contributed by atoms with E-state index in [-0.39, 0.29) is 22.6 Å². The molecule has 3 aromatic heterocycles. The minimum Gasteiger partial charge on any atom is -0.493 e. The van der Waals surface area contributed by atoms with Gasteiger partial charge in [-0.25, -0.2) is 14.2 Å². The van der Waals surface area contributed by atoms with E-state index in [0.717, 1.165) is 18.4 Å². The van der Waals surface area contributed by atoms with E-state index in [2.05, 4.69) is 35.3 Å². The minimum atomic E-state index is -0.528. The number of aromatic hydroxyl groups is 1. The van der Waals surface area contributed by atoms with Crippen LogP contribution in [0.25, 0.3) is 11.7 Å². The predicted octanol–water partition coefficient (Wildman–Crippen LogP) is 0.862. The van der Waals surface area contributed by atoms with Crippen LogP contribution in [0.3, 0.4) is 0 Å². The molecule has 12 heteroatoms. The number of halogens is 2. The summed E-state index contributed by atoms with van der Waals surface area (Å²) in [6.07, 6.45) is 5.07. The van der Waals surface area contributed by atoms with Crippen LogP contribution in [0.5, 0.6) is 5.88 Å². The summed E-state index contributed by atoms with van der Waals surface area (Å²) in [6.45, 7) is 0.318. The SMILES string of the molecule is O=c1[nH]c(O)c(C=c2cnn3c(=NC4CC4)nc(NCc4ccc(F)c(Cl)c4)nc23)[nH]1. The molecule has 1 aliphatic carbocycles. The summed E-state index contributed by atoms with van der Waals surface area (Å²) in [7, 11) is 0. The molecule has 0 unspecified atom stereocenters. The van der Waals surface area contributed by atoms with Crippen molar-refractivity contribution >= 4 is 29.3 Å².